The Hall–Kier alpha value is -3.54. The number of aliphatic hydroxyl groups excluding tert-OH is 7. The van der Waals surface area contributed by atoms with E-state index in [1.807, 2.05) is 6.07 Å². The van der Waals surface area contributed by atoms with Crippen molar-refractivity contribution in [3.8, 4) is 0 Å². The van der Waals surface area contributed by atoms with Gasteiger partial charge in [0.2, 0.25) is 0 Å². The minimum atomic E-state index is -1.90. The molecular formula is C35H50N4O15. The number of ether oxygens (including phenoxy) is 6. The molecule has 15 atom stereocenters. The quantitative estimate of drug-likeness (QED) is 0.103. The number of alkyl carbamates (subject to hydrolysis) is 1. The van der Waals surface area contributed by atoms with Gasteiger partial charge in [0.25, 0.3) is 0 Å². The van der Waals surface area contributed by atoms with Gasteiger partial charge in [-0.05, 0) is 17.5 Å². The molecule has 3 fully saturated rings. The number of nitrogens with one attached hydrogen (secondary N) is 1. The topological polar surface area (TPSA) is 298 Å². The first-order valence-corrected chi connectivity index (χ1v) is 17.5. The number of carbonyl (C=O) groups excluding carboxylic acids is 2. The molecule has 19 heteroatoms. The largest absolute Gasteiger partial charge is 0.445 e. The highest BCUT2D eigenvalue weighted by molar-refractivity contribution is 5.68. The summed E-state index contributed by atoms with van der Waals surface area (Å²) in [5, 5.41) is 77.6. The van der Waals surface area contributed by atoms with E-state index < -0.39 is 111 Å². The number of hydrogen-bond donors (Lipinski definition) is 10. The summed E-state index contributed by atoms with van der Waals surface area (Å²) in [5.74, 6) is 0. The second-order valence-corrected chi connectivity index (χ2v) is 13.6. The number of benzene rings is 2. The normalized spacial score (nSPS) is 36.9. The van der Waals surface area contributed by atoms with Gasteiger partial charge >= 0.3 is 12.2 Å². The summed E-state index contributed by atoms with van der Waals surface area (Å²) in [6, 6.07) is 14.2. The average molecular weight is 767 g/mol. The molecule has 5 rings (SSSR count). The molecule has 12 N–H and O–H groups in total. The number of hydrogen-bond acceptors (Lipinski definition) is 17. The fourth-order valence-electron chi connectivity index (χ4n) is 6.55. The van der Waals surface area contributed by atoms with E-state index in [0.29, 0.717) is 5.56 Å². The smallest absolute Gasteiger partial charge is 0.409 e. The summed E-state index contributed by atoms with van der Waals surface area (Å²) in [7, 11) is 1.37. The van der Waals surface area contributed by atoms with Crippen LogP contribution in [0.15, 0.2) is 60.7 Å². The lowest BCUT2D eigenvalue weighted by Crippen LogP contribution is -2.69. The van der Waals surface area contributed by atoms with E-state index in [0.717, 1.165) is 10.5 Å². The zero-order valence-corrected chi connectivity index (χ0v) is 29.5. The monoisotopic (exact) mass is 766 g/mol. The predicted molar refractivity (Wildman–Crippen MR) is 184 cm³/mol. The van der Waals surface area contributed by atoms with Crippen molar-refractivity contribution in [3.63, 3.8) is 0 Å². The Balaban J connectivity index is 1.31. The lowest BCUT2D eigenvalue weighted by molar-refractivity contribution is -0.334. The number of amides is 2. The molecule has 0 aromatic heterocycles. The third-order valence-electron chi connectivity index (χ3n) is 9.69. The maximum absolute atomic E-state index is 13.0. The lowest BCUT2D eigenvalue weighted by Gasteiger charge is -2.48. The van der Waals surface area contributed by atoms with Crippen molar-refractivity contribution in [2.24, 2.45) is 11.5 Å². The number of aliphatic hydroxyl groups is 7. The maximum atomic E-state index is 13.0. The van der Waals surface area contributed by atoms with Gasteiger partial charge in [-0.1, -0.05) is 60.7 Å². The van der Waals surface area contributed by atoms with Crippen molar-refractivity contribution in [1.82, 2.24) is 10.2 Å². The molecule has 2 aromatic carbocycles. The minimum absolute atomic E-state index is 0.0334. The van der Waals surface area contributed by atoms with Crippen LogP contribution >= 0.6 is 0 Å². The number of rotatable bonds is 12. The van der Waals surface area contributed by atoms with Crippen molar-refractivity contribution in [2.75, 3.05) is 20.2 Å². The van der Waals surface area contributed by atoms with E-state index in [1.165, 1.54) is 7.05 Å². The van der Waals surface area contributed by atoms with Crippen LogP contribution in [0.5, 0.6) is 0 Å². The first-order valence-electron chi connectivity index (χ1n) is 17.5. The minimum Gasteiger partial charge on any atom is -0.445 e. The summed E-state index contributed by atoms with van der Waals surface area (Å²) < 4.78 is 34.0. The van der Waals surface area contributed by atoms with Gasteiger partial charge in [0.05, 0.1) is 25.2 Å². The third-order valence-corrected chi connectivity index (χ3v) is 9.69. The molecule has 1 aliphatic carbocycles. The molecule has 0 radical (unpaired) electrons. The first kappa shape index (κ1) is 41.6. The molecule has 0 spiro atoms. The molecule has 2 aromatic rings. The predicted octanol–water partition coefficient (Wildman–Crippen LogP) is -3.01. The van der Waals surface area contributed by atoms with Crippen LogP contribution < -0.4 is 16.8 Å². The van der Waals surface area contributed by atoms with Crippen LogP contribution in [0.25, 0.3) is 0 Å². The maximum Gasteiger partial charge on any atom is 0.409 e. The van der Waals surface area contributed by atoms with E-state index >= 15 is 0 Å². The van der Waals surface area contributed by atoms with Gasteiger partial charge in [-0.3, -0.25) is 0 Å². The fourth-order valence-corrected chi connectivity index (χ4v) is 6.55. The highest BCUT2D eigenvalue weighted by atomic mass is 16.7. The molecule has 3 aliphatic rings. The second-order valence-electron chi connectivity index (χ2n) is 13.6. The summed E-state index contributed by atoms with van der Waals surface area (Å²) in [4.78, 5) is 26.8. The van der Waals surface area contributed by atoms with Crippen LogP contribution in [-0.2, 0) is 41.6 Å². The Morgan fingerprint density at radius 1 is 0.741 bits per heavy atom. The standard InChI is InChI=1S/C35H50N4O15/c1-39(35(48)50-16-18-10-6-3-7-11-18)13-21-25(42)27(44)28(45)33(51-21)54-31-20(38-34(47)49-15-17-8-4-2-5-9-17)12-19(36)30(29(31)46)53-32-26(43)23(37)24(41)22(14-40)52-32/h2-11,19-33,40-46H,12-16,36-37H2,1H3,(H,38,47)/t19-,20+,21+,22+,23+,24-,25+,26+,27-,28+,29-,30+,31-,32+,33-/m0/s1. The van der Waals surface area contributed by atoms with Gasteiger partial charge in [0.15, 0.2) is 12.6 Å². The highest BCUT2D eigenvalue weighted by Crippen LogP contribution is 2.32. The number of nitrogens with zero attached hydrogens (tertiary/aromatic N) is 1. The van der Waals surface area contributed by atoms with Gasteiger partial charge in [-0.15, -0.1) is 0 Å². The Morgan fingerprint density at radius 2 is 1.30 bits per heavy atom. The molecule has 2 heterocycles. The van der Waals surface area contributed by atoms with Crippen LogP contribution in [0, 0.1) is 0 Å². The van der Waals surface area contributed by atoms with E-state index in [9.17, 15) is 45.3 Å². The summed E-state index contributed by atoms with van der Waals surface area (Å²) in [6.45, 7) is -1.13. The second kappa shape index (κ2) is 18.9. The van der Waals surface area contributed by atoms with Crippen LogP contribution in [0.4, 0.5) is 9.59 Å². The number of carbonyl (C=O) groups is 2. The van der Waals surface area contributed by atoms with Crippen molar-refractivity contribution in [2.45, 2.75) is 111 Å². The SMILES string of the molecule is CN(C[C@H]1O[C@@H](O[C@@H]2[C@@H](O)[C@H](O[C@H]3O[C@H](CO)[C@H](O)[C@@H](N)[C@H]3O)[C@@H](N)C[C@H]2NC(=O)OCc2ccccc2)[C@H](O)[C@@H](O)[C@@H]1O)C(=O)OCc1ccccc1. The third kappa shape index (κ3) is 10.0. The van der Waals surface area contributed by atoms with Crippen molar-refractivity contribution < 1.29 is 73.8 Å². The van der Waals surface area contributed by atoms with Crippen molar-refractivity contribution in [3.05, 3.63) is 71.8 Å². The zero-order valence-electron chi connectivity index (χ0n) is 29.5. The van der Waals surface area contributed by atoms with Gasteiger partial charge in [-0.2, -0.15) is 0 Å². The van der Waals surface area contributed by atoms with Crippen LogP contribution in [0.2, 0.25) is 0 Å². The van der Waals surface area contributed by atoms with E-state index in [1.54, 1.807) is 54.6 Å². The van der Waals surface area contributed by atoms with Gasteiger partial charge < -0.3 is 85.9 Å². The molecule has 1 saturated carbocycles. The molecule has 54 heavy (non-hydrogen) atoms. The van der Waals surface area contributed by atoms with Gasteiger partial charge in [0, 0.05) is 13.1 Å². The molecule has 0 unspecified atom stereocenters. The summed E-state index contributed by atoms with van der Waals surface area (Å²) in [5.41, 5.74) is 13.8. The first-order chi connectivity index (χ1) is 25.8. The Labute approximate surface area is 310 Å². The zero-order chi connectivity index (χ0) is 39.1. The Kier molecular flexibility index (Phi) is 14.5. The van der Waals surface area contributed by atoms with Crippen LogP contribution in [0.1, 0.15) is 17.5 Å². The van der Waals surface area contributed by atoms with Crippen molar-refractivity contribution in [1.29, 1.82) is 0 Å². The fraction of sp³-hybridized carbons (Fsp3) is 0.600. The highest BCUT2D eigenvalue weighted by Gasteiger charge is 2.53. The number of likely N-dealkylation sites (N-methyl/N-ethyl adjacent to an activating group) is 1. The summed E-state index contributed by atoms with van der Waals surface area (Å²) in [6.07, 6.45) is -21.0. The molecule has 300 valence electrons. The average Bonchev–Trinajstić information content (AvgIpc) is 3.17. The Bertz CT molecular complexity index is 1480. The van der Waals surface area contributed by atoms with Crippen LogP contribution in [-0.4, -0.2) is 165 Å². The van der Waals surface area contributed by atoms with Gasteiger partial charge in [0.1, 0.15) is 74.3 Å². The molecule has 2 amide bonds. The molecule has 0 bridgehead atoms. The van der Waals surface area contributed by atoms with Crippen LogP contribution in [0.3, 0.4) is 0 Å². The molecule has 19 nitrogen and oxygen atoms in total. The summed E-state index contributed by atoms with van der Waals surface area (Å²) >= 11 is 0. The molecule has 2 aliphatic heterocycles. The lowest BCUT2D eigenvalue weighted by atomic mass is 9.83. The van der Waals surface area contributed by atoms with Crippen molar-refractivity contribution >= 4 is 12.2 Å². The Morgan fingerprint density at radius 3 is 1.91 bits per heavy atom. The van der Waals surface area contributed by atoms with E-state index in [-0.39, 0.29) is 26.2 Å². The molecular weight excluding hydrogens is 716 g/mol. The molecule has 2 saturated heterocycles. The number of nitrogens with two attached hydrogens (primary N) is 2. The van der Waals surface area contributed by atoms with E-state index in [2.05, 4.69) is 5.32 Å². The van der Waals surface area contributed by atoms with Gasteiger partial charge in [-0.25, -0.2) is 9.59 Å². The van der Waals surface area contributed by atoms with E-state index in [4.69, 9.17) is 39.9 Å².